The number of halogens is 1. The van der Waals surface area contributed by atoms with Crippen LogP contribution in [0.3, 0.4) is 0 Å². The van der Waals surface area contributed by atoms with E-state index in [0.717, 1.165) is 17.6 Å². The van der Waals surface area contributed by atoms with Crippen molar-refractivity contribution in [2.24, 2.45) is 0 Å². The van der Waals surface area contributed by atoms with Crippen molar-refractivity contribution in [3.8, 4) is 0 Å². The molecule has 0 unspecified atom stereocenters. The Labute approximate surface area is 79.9 Å². The zero-order valence-electron chi connectivity index (χ0n) is 7.55. The van der Waals surface area contributed by atoms with Crippen LogP contribution in [0.2, 0.25) is 0 Å². The first kappa shape index (κ1) is 13.7. The van der Waals surface area contributed by atoms with Gasteiger partial charge in [0, 0.05) is 0 Å². The molecule has 0 aliphatic rings. The number of quaternary nitrogens is 1. The molecule has 0 fully saturated rings. The second-order valence-electron chi connectivity index (χ2n) is 3.13. The summed E-state index contributed by atoms with van der Waals surface area (Å²) >= 11 is 0. The first-order chi connectivity index (χ1) is 4.62. The van der Waals surface area contributed by atoms with Gasteiger partial charge in [0.1, 0.15) is 6.54 Å². The van der Waals surface area contributed by atoms with Gasteiger partial charge >= 0.3 is 0 Å². The lowest BCUT2D eigenvalue weighted by molar-refractivity contribution is -0.884. The molecule has 0 rings (SSSR count). The third-order valence-electron chi connectivity index (χ3n) is 1.54. The maximum Gasteiger partial charge on any atom is 0.102 e. The summed E-state index contributed by atoms with van der Waals surface area (Å²) in [4.78, 5) is 0. The lowest BCUT2D eigenvalue weighted by Crippen LogP contribution is -3.00. The fourth-order valence-electron chi connectivity index (χ4n) is 0.753. The Morgan fingerprint density at radius 1 is 1.36 bits per heavy atom. The van der Waals surface area contributed by atoms with Gasteiger partial charge in [0.05, 0.1) is 27.2 Å². The lowest BCUT2D eigenvalue weighted by Gasteiger charge is -2.27. The van der Waals surface area contributed by atoms with Crippen LogP contribution in [-0.2, 0) is 0 Å². The summed E-state index contributed by atoms with van der Waals surface area (Å²) in [5.74, 6) is 0. The number of nitrogens with zero attached hydrogens (tertiary/aromatic N) is 1. The average Bonchev–Trinajstić information content (AvgIpc) is 1.84. The van der Waals surface area contributed by atoms with Crippen molar-refractivity contribution in [3.63, 3.8) is 0 Å². The van der Waals surface area contributed by atoms with Gasteiger partial charge in [0.25, 0.3) is 0 Å². The summed E-state index contributed by atoms with van der Waals surface area (Å²) in [6.45, 7) is 4.10. The highest BCUT2D eigenvalue weighted by Gasteiger charge is 2.09. The fraction of sp³-hybridized carbons (Fsp3) is 0.750. The molecule has 1 N–H and O–H groups in total. The van der Waals surface area contributed by atoms with E-state index in [1.807, 2.05) is 13.0 Å². The summed E-state index contributed by atoms with van der Waals surface area (Å²) < 4.78 is 0.862. The topological polar surface area (TPSA) is 20.2 Å². The van der Waals surface area contributed by atoms with Gasteiger partial charge in [-0.1, -0.05) is 6.08 Å². The van der Waals surface area contributed by atoms with Gasteiger partial charge < -0.3 is 26.6 Å². The van der Waals surface area contributed by atoms with Crippen molar-refractivity contribution >= 4 is 0 Å². The Kier molecular flexibility index (Phi) is 8.51. The fourth-order valence-corrected chi connectivity index (χ4v) is 0.753. The molecule has 0 aliphatic carbocycles. The molecule has 0 bridgehead atoms. The predicted octanol–water partition coefficient (Wildman–Crippen LogP) is -2.36. The Bertz CT molecular complexity index is 113. The van der Waals surface area contributed by atoms with Crippen molar-refractivity contribution in [3.05, 3.63) is 12.2 Å². The predicted molar refractivity (Wildman–Crippen MR) is 43.7 cm³/mol. The standard InChI is InChI=1S/C8H18NO.BrH/c1-4-5-6-9(2,3)7-8-10;/h4-5,10H,6-8H2,1-3H3;1H/q+1;/p-1. The monoisotopic (exact) mass is 223 g/mol. The van der Waals surface area contributed by atoms with Crippen molar-refractivity contribution < 1.29 is 26.6 Å². The van der Waals surface area contributed by atoms with Crippen LogP contribution in [0, 0.1) is 0 Å². The Morgan fingerprint density at radius 2 is 1.91 bits per heavy atom. The van der Waals surface area contributed by atoms with Gasteiger partial charge in [0.2, 0.25) is 0 Å². The van der Waals surface area contributed by atoms with Crippen molar-refractivity contribution in [2.45, 2.75) is 6.92 Å². The van der Waals surface area contributed by atoms with Gasteiger partial charge in [-0.2, -0.15) is 0 Å². The molecular formula is C8H18BrNO. The van der Waals surface area contributed by atoms with Gasteiger partial charge in [-0.25, -0.2) is 0 Å². The number of likely N-dealkylation sites (N-methyl/N-ethyl adjacent to an activating group) is 1. The molecule has 0 saturated carbocycles. The van der Waals surface area contributed by atoms with Crippen molar-refractivity contribution in [1.29, 1.82) is 0 Å². The van der Waals surface area contributed by atoms with E-state index in [1.54, 1.807) is 0 Å². The molecule has 0 aliphatic heterocycles. The number of hydrogen-bond donors (Lipinski definition) is 1. The SMILES string of the molecule is CC=CC[N+](C)(C)CCO.[Br-]. The molecule has 0 aromatic heterocycles. The van der Waals surface area contributed by atoms with Gasteiger partial charge in [-0.15, -0.1) is 0 Å². The molecule has 0 spiro atoms. The third-order valence-corrected chi connectivity index (χ3v) is 1.54. The van der Waals surface area contributed by atoms with Crippen LogP contribution in [-0.4, -0.2) is 43.4 Å². The third kappa shape index (κ3) is 8.04. The number of hydrogen-bond acceptors (Lipinski definition) is 1. The van der Waals surface area contributed by atoms with E-state index < -0.39 is 0 Å². The molecule has 0 aromatic carbocycles. The van der Waals surface area contributed by atoms with E-state index in [4.69, 9.17) is 5.11 Å². The van der Waals surface area contributed by atoms with Gasteiger partial charge in [-0.3, -0.25) is 0 Å². The number of rotatable bonds is 4. The lowest BCUT2D eigenvalue weighted by atomic mass is 10.4. The molecule has 2 nitrogen and oxygen atoms in total. The molecule has 0 atom stereocenters. The highest BCUT2D eigenvalue weighted by atomic mass is 79.9. The zero-order valence-corrected chi connectivity index (χ0v) is 9.13. The minimum absolute atomic E-state index is 0. The molecular weight excluding hydrogens is 206 g/mol. The molecule has 0 amide bonds. The number of allylic oxidation sites excluding steroid dienone is 1. The van der Waals surface area contributed by atoms with Crippen LogP contribution in [0.4, 0.5) is 0 Å². The minimum Gasteiger partial charge on any atom is -1.00 e. The van der Waals surface area contributed by atoms with Crippen LogP contribution in [0.1, 0.15) is 6.92 Å². The van der Waals surface area contributed by atoms with Crippen molar-refractivity contribution in [2.75, 3.05) is 33.8 Å². The first-order valence-electron chi connectivity index (χ1n) is 3.66. The van der Waals surface area contributed by atoms with Crippen LogP contribution in [0.15, 0.2) is 12.2 Å². The first-order valence-corrected chi connectivity index (χ1v) is 3.66. The molecule has 3 heteroatoms. The molecule has 0 radical (unpaired) electrons. The van der Waals surface area contributed by atoms with Crippen LogP contribution in [0.25, 0.3) is 0 Å². The summed E-state index contributed by atoms with van der Waals surface area (Å²) in [7, 11) is 4.21. The zero-order chi connectivity index (χ0) is 8.04. The molecule has 11 heavy (non-hydrogen) atoms. The molecule has 0 aromatic rings. The van der Waals surface area contributed by atoms with E-state index >= 15 is 0 Å². The smallest absolute Gasteiger partial charge is 0.102 e. The summed E-state index contributed by atoms with van der Waals surface area (Å²) in [5, 5.41) is 8.66. The van der Waals surface area contributed by atoms with E-state index in [-0.39, 0.29) is 23.6 Å². The minimum atomic E-state index is 0. The quantitative estimate of drug-likeness (QED) is 0.418. The van der Waals surface area contributed by atoms with Crippen LogP contribution in [0.5, 0.6) is 0 Å². The summed E-state index contributed by atoms with van der Waals surface area (Å²) in [5.41, 5.74) is 0. The van der Waals surface area contributed by atoms with Crippen molar-refractivity contribution in [1.82, 2.24) is 0 Å². The highest BCUT2D eigenvalue weighted by Crippen LogP contribution is 1.95. The maximum atomic E-state index is 8.66. The Balaban J connectivity index is 0. The second kappa shape index (κ2) is 6.83. The number of aliphatic hydroxyl groups excluding tert-OH is 1. The van der Waals surface area contributed by atoms with Crippen LogP contribution >= 0.6 is 0 Å². The second-order valence-corrected chi connectivity index (χ2v) is 3.13. The average molecular weight is 224 g/mol. The Morgan fingerprint density at radius 3 is 2.27 bits per heavy atom. The number of aliphatic hydroxyl groups is 1. The molecule has 68 valence electrons. The normalized spacial score (nSPS) is 11.6. The largest absolute Gasteiger partial charge is 1.00 e. The van der Waals surface area contributed by atoms with E-state index in [9.17, 15) is 0 Å². The van der Waals surface area contributed by atoms with Crippen LogP contribution < -0.4 is 17.0 Å². The van der Waals surface area contributed by atoms with E-state index in [2.05, 4.69) is 20.2 Å². The van der Waals surface area contributed by atoms with Gasteiger partial charge in [0.15, 0.2) is 0 Å². The summed E-state index contributed by atoms with van der Waals surface area (Å²) in [6.07, 6.45) is 4.16. The molecule has 0 heterocycles. The highest BCUT2D eigenvalue weighted by molar-refractivity contribution is 4.75. The Hall–Kier alpha value is 0.140. The summed E-state index contributed by atoms with van der Waals surface area (Å²) in [6, 6.07) is 0. The molecule has 0 saturated heterocycles. The van der Waals surface area contributed by atoms with E-state index in [0.29, 0.717) is 0 Å². The van der Waals surface area contributed by atoms with E-state index in [1.165, 1.54) is 0 Å². The maximum absolute atomic E-state index is 8.66. The van der Waals surface area contributed by atoms with Gasteiger partial charge in [-0.05, 0) is 13.0 Å².